The molecule has 0 bridgehead atoms. The molecule has 0 saturated heterocycles. The lowest BCUT2D eigenvalue weighted by Crippen LogP contribution is -2.31. The summed E-state index contributed by atoms with van der Waals surface area (Å²) in [6, 6.07) is 6.64. The third kappa shape index (κ3) is 5.52. The Morgan fingerprint density at radius 2 is 2.05 bits per heavy atom. The molecule has 5 heteroatoms. The maximum Gasteiger partial charge on any atom is 0.307 e. The van der Waals surface area contributed by atoms with Gasteiger partial charge >= 0.3 is 5.97 Å². The van der Waals surface area contributed by atoms with E-state index in [0.29, 0.717) is 11.3 Å². The normalized spacial score (nSPS) is 12.2. The average molecular weight is 264 g/mol. The number of hydrogen-bond acceptors (Lipinski definition) is 3. The van der Waals surface area contributed by atoms with Crippen molar-refractivity contribution >= 4 is 17.6 Å². The van der Waals surface area contributed by atoms with Crippen molar-refractivity contribution in [2.45, 2.75) is 32.7 Å². The quantitative estimate of drug-likeness (QED) is 0.728. The molecule has 0 heterocycles. The Bertz CT molecular complexity index is 458. The summed E-state index contributed by atoms with van der Waals surface area (Å²) in [5, 5.41) is 11.4. The number of nitrogens with one attached hydrogen (secondary N) is 1. The van der Waals surface area contributed by atoms with Crippen LogP contribution in [0.5, 0.6) is 0 Å². The molecule has 0 spiro atoms. The van der Waals surface area contributed by atoms with E-state index in [0.717, 1.165) is 0 Å². The summed E-state index contributed by atoms with van der Waals surface area (Å²) >= 11 is 0. The lowest BCUT2D eigenvalue weighted by molar-refractivity contribution is -0.136. The molecule has 104 valence electrons. The van der Waals surface area contributed by atoms with E-state index < -0.39 is 5.97 Å². The van der Waals surface area contributed by atoms with Gasteiger partial charge in [-0.1, -0.05) is 26.0 Å². The van der Waals surface area contributed by atoms with Gasteiger partial charge in [0.05, 0.1) is 6.42 Å². The van der Waals surface area contributed by atoms with Crippen molar-refractivity contribution in [3.05, 3.63) is 29.8 Å². The van der Waals surface area contributed by atoms with Gasteiger partial charge in [-0.3, -0.25) is 9.59 Å². The number of rotatable bonds is 6. The molecule has 0 saturated carbocycles. The Hall–Kier alpha value is -1.88. The second kappa shape index (κ2) is 6.89. The van der Waals surface area contributed by atoms with Crippen LogP contribution in [0.25, 0.3) is 0 Å². The number of benzene rings is 1. The molecule has 1 amide bonds. The van der Waals surface area contributed by atoms with Gasteiger partial charge in [0.2, 0.25) is 5.91 Å². The van der Waals surface area contributed by atoms with Crippen molar-refractivity contribution in [3.63, 3.8) is 0 Å². The number of carbonyl (C=O) groups is 2. The van der Waals surface area contributed by atoms with E-state index in [4.69, 9.17) is 10.8 Å². The minimum absolute atomic E-state index is 0.0603. The van der Waals surface area contributed by atoms with Gasteiger partial charge in [-0.05, 0) is 23.6 Å². The fourth-order valence-electron chi connectivity index (χ4n) is 1.60. The number of carboxylic acids is 1. The number of aliphatic carboxylic acids is 1. The molecular weight excluding hydrogens is 244 g/mol. The van der Waals surface area contributed by atoms with Crippen molar-refractivity contribution in [2.24, 2.45) is 11.7 Å². The largest absolute Gasteiger partial charge is 0.481 e. The van der Waals surface area contributed by atoms with E-state index >= 15 is 0 Å². The zero-order valence-electron chi connectivity index (χ0n) is 11.2. The summed E-state index contributed by atoms with van der Waals surface area (Å²) in [5.74, 6) is -0.817. The van der Waals surface area contributed by atoms with Crippen LogP contribution >= 0.6 is 0 Å². The minimum atomic E-state index is -0.898. The molecule has 1 unspecified atom stereocenters. The second-order valence-electron chi connectivity index (χ2n) is 4.93. The molecule has 19 heavy (non-hydrogen) atoms. The molecule has 0 aromatic heterocycles. The highest BCUT2D eigenvalue weighted by molar-refractivity contribution is 5.91. The summed E-state index contributed by atoms with van der Waals surface area (Å²) in [6.07, 6.45) is 0.191. The van der Waals surface area contributed by atoms with E-state index in [9.17, 15) is 9.59 Å². The average Bonchev–Trinajstić information content (AvgIpc) is 2.27. The molecule has 0 aliphatic heterocycles. The molecule has 0 radical (unpaired) electrons. The zero-order valence-corrected chi connectivity index (χ0v) is 11.2. The smallest absolute Gasteiger partial charge is 0.307 e. The first-order chi connectivity index (χ1) is 8.88. The molecule has 1 rings (SSSR count). The van der Waals surface area contributed by atoms with Crippen LogP contribution in [0.2, 0.25) is 0 Å². The van der Waals surface area contributed by atoms with E-state index in [1.165, 1.54) is 0 Å². The highest BCUT2D eigenvalue weighted by atomic mass is 16.4. The molecule has 4 N–H and O–H groups in total. The van der Waals surface area contributed by atoms with Gasteiger partial charge in [-0.15, -0.1) is 0 Å². The van der Waals surface area contributed by atoms with Crippen LogP contribution in [0.1, 0.15) is 25.8 Å². The molecule has 1 aromatic carbocycles. The van der Waals surface area contributed by atoms with E-state index in [-0.39, 0.29) is 30.7 Å². The van der Waals surface area contributed by atoms with Gasteiger partial charge in [0.15, 0.2) is 0 Å². The maximum atomic E-state index is 11.8. The lowest BCUT2D eigenvalue weighted by atomic mass is 10.0. The van der Waals surface area contributed by atoms with Gasteiger partial charge in [-0.25, -0.2) is 0 Å². The Balaban J connectivity index is 2.61. The van der Waals surface area contributed by atoms with E-state index in [1.807, 2.05) is 13.8 Å². The Kier molecular flexibility index (Phi) is 5.51. The number of hydrogen-bond donors (Lipinski definition) is 3. The van der Waals surface area contributed by atoms with Crippen molar-refractivity contribution in [3.8, 4) is 0 Å². The van der Waals surface area contributed by atoms with Crippen LogP contribution in [0.4, 0.5) is 5.69 Å². The lowest BCUT2D eigenvalue weighted by Gasteiger charge is -2.15. The van der Waals surface area contributed by atoms with Gasteiger partial charge in [0.1, 0.15) is 0 Å². The number of nitrogens with two attached hydrogens (primary N) is 1. The summed E-state index contributed by atoms with van der Waals surface area (Å²) in [6.45, 7) is 3.93. The van der Waals surface area contributed by atoms with E-state index in [2.05, 4.69) is 5.32 Å². The summed E-state index contributed by atoms with van der Waals surface area (Å²) < 4.78 is 0. The Morgan fingerprint density at radius 1 is 1.37 bits per heavy atom. The van der Waals surface area contributed by atoms with Crippen LogP contribution in [0.15, 0.2) is 24.3 Å². The highest BCUT2D eigenvalue weighted by Crippen LogP contribution is 2.12. The van der Waals surface area contributed by atoms with Gasteiger partial charge < -0.3 is 16.2 Å². The molecule has 5 nitrogen and oxygen atoms in total. The van der Waals surface area contributed by atoms with E-state index in [1.54, 1.807) is 24.3 Å². The molecule has 0 aliphatic rings. The van der Waals surface area contributed by atoms with Crippen molar-refractivity contribution < 1.29 is 14.7 Å². The predicted octanol–water partition coefficient (Wildman–Crippen LogP) is 1.63. The second-order valence-corrected chi connectivity index (χ2v) is 4.93. The standard InChI is InChI=1S/C14H20N2O3/c1-9(2)12(15)8-13(17)16-11-5-3-4-10(6-11)7-14(18)19/h3-6,9,12H,7-8,15H2,1-2H3,(H,16,17)(H,18,19). The molecule has 1 atom stereocenters. The zero-order chi connectivity index (χ0) is 14.4. The van der Waals surface area contributed by atoms with Crippen LogP contribution in [0, 0.1) is 5.92 Å². The predicted molar refractivity (Wildman–Crippen MR) is 73.8 cm³/mol. The first kappa shape index (κ1) is 15.2. The molecule has 1 aromatic rings. The van der Waals surface area contributed by atoms with Crippen LogP contribution in [-0.2, 0) is 16.0 Å². The number of carbonyl (C=O) groups excluding carboxylic acids is 1. The fraction of sp³-hybridized carbons (Fsp3) is 0.429. The summed E-state index contributed by atoms with van der Waals surface area (Å²) in [5.41, 5.74) is 7.08. The number of amides is 1. The molecule has 0 fully saturated rings. The maximum absolute atomic E-state index is 11.8. The number of anilines is 1. The fourth-order valence-corrected chi connectivity index (χ4v) is 1.60. The molecule has 0 aliphatic carbocycles. The monoisotopic (exact) mass is 264 g/mol. The summed E-state index contributed by atoms with van der Waals surface area (Å²) in [4.78, 5) is 22.4. The van der Waals surface area contributed by atoms with Gasteiger partial charge in [0, 0.05) is 18.2 Å². The van der Waals surface area contributed by atoms with Crippen molar-refractivity contribution in [1.82, 2.24) is 0 Å². The summed E-state index contributed by atoms with van der Waals surface area (Å²) in [7, 11) is 0. The van der Waals surface area contributed by atoms with Gasteiger partial charge in [-0.2, -0.15) is 0 Å². The van der Waals surface area contributed by atoms with Crippen LogP contribution in [0.3, 0.4) is 0 Å². The van der Waals surface area contributed by atoms with Crippen molar-refractivity contribution in [2.75, 3.05) is 5.32 Å². The van der Waals surface area contributed by atoms with Crippen LogP contribution < -0.4 is 11.1 Å². The SMILES string of the molecule is CC(C)C(N)CC(=O)Nc1cccc(CC(=O)O)c1. The van der Waals surface area contributed by atoms with Gasteiger partial charge in [0.25, 0.3) is 0 Å². The third-order valence-electron chi connectivity index (χ3n) is 2.84. The van der Waals surface area contributed by atoms with Crippen LogP contribution in [-0.4, -0.2) is 23.0 Å². The third-order valence-corrected chi connectivity index (χ3v) is 2.84. The number of carboxylic acid groups (broad SMARTS) is 1. The highest BCUT2D eigenvalue weighted by Gasteiger charge is 2.13. The Labute approximate surface area is 112 Å². The minimum Gasteiger partial charge on any atom is -0.481 e. The first-order valence-electron chi connectivity index (χ1n) is 6.24. The Morgan fingerprint density at radius 3 is 2.63 bits per heavy atom. The first-order valence-corrected chi connectivity index (χ1v) is 6.24. The topological polar surface area (TPSA) is 92.4 Å². The van der Waals surface area contributed by atoms with Crippen molar-refractivity contribution in [1.29, 1.82) is 0 Å². The molecular formula is C14H20N2O3.